The molecule has 3 rings (SSSR count). The lowest BCUT2D eigenvalue weighted by atomic mass is 9.95. The molecular formula is C19H24N6O2. The Bertz CT molecular complexity index is 796. The summed E-state index contributed by atoms with van der Waals surface area (Å²) in [6.45, 7) is 1.41. The maximum atomic E-state index is 12.6. The zero-order valence-corrected chi connectivity index (χ0v) is 15.7. The van der Waals surface area contributed by atoms with Gasteiger partial charge in [-0.1, -0.05) is 0 Å². The minimum absolute atomic E-state index is 0.0651. The molecule has 2 aromatic rings. The fourth-order valence-electron chi connectivity index (χ4n) is 3.30. The lowest BCUT2D eigenvalue weighted by Crippen LogP contribution is -2.32. The summed E-state index contributed by atoms with van der Waals surface area (Å²) in [5.74, 6) is 0.228. The second-order valence-electron chi connectivity index (χ2n) is 6.98. The third-order valence-electron chi connectivity index (χ3n) is 4.76. The molecule has 0 aliphatic carbocycles. The Kier molecular flexibility index (Phi) is 6.05. The molecule has 0 unspecified atom stereocenters. The molecule has 3 heterocycles. The molecule has 1 aliphatic heterocycles. The van der Waals surface area contributed by atoms with Gasteiger partial charge in [-0.25, -0.2) is 15.0 Å². The Morgan fingerprint density at radius 3 is 2.70 bits per heavy atom. The van der Waals surface area contributed by atoms with E-state index in [0.29, 0.717) is 23.9 Å². The van der Waals surface area contributed by atoms with Crippen LogP contribution in [0.15, 0.2) is 31.0 Å². The Labute approximate surface area is 158 Å². The fraction of sp³-hybridized carbons (Fsp3) is 0.474. The van der Waals surface area contributed by atoms with Crippen molar-refractivity contribution in [2.45, 2.75) is 25.7 Å². The van der Waals surface area contributed by atoms with Crippen LogP contribution in [0.4, 0.5) is 0 Å². The van der Waals surface area contributed by atoms with Crippen LogP contribution in [0.5, 0.6) is 0 Å². The van der Waals surface area contributed by atoms with Crippen molar-refractivity contribution in [2.24, 2.45) is 5.92 Å². The van der Waals surface area contributed by atoms with E-state index in [-0.39, 0.29) is 11.8 Å². The maximum absolute atomic E-state index is 12.6. The molecule has 8 heteroatoms. The number of carbonyl (C=O) groups excluding carboxylic acids is 2. The van der Waals surface area contributed by atoms with Crippen LogP contribution in [-0.2, 0) is 6.42 Å². The molecule has 1 atom stereocenters. The van der Waals surface area contributed by atoms with Gasteiger partial charge >= 0.3 is 0 Å². The van der Waals surface area contributed by atoms with Gasteiger partial charge < -0.3 is 9.80 Å². The van der Waals surface area contributed by atoms with Gasteiger partial charge in [-0.15, -0.1) is 0 Å². The summed E-state index contributed by atoms with van der Waals surface area (Å²) in [5, 5.41) is 0. The molecule has 27 heavy (non-hydrogen) atoms. The van der Waals surface area contributed by atoms with Gasteiger partial charge in [0, 0.05) is 45.3 Å². The predicted molar refractivity (Wildman–Crippen MR) is 99.0 cm³/mol. The Balaban J connectivity index is 1.61. The van der Waals surface area contributed by atoms with E-state index in [4.69, 9.17) is 0 Å². The highest BCUT2D eigenvalue weighted by atomic mass is 16.2. The summed E-state index contributed by atoms with van der Waals surface area (Å²) in [5.41, 5.74) is 1.67. The van der Waals surface area contributed by atoms with Crippen molar-refractivity contribution in [2.75, 3.05) is 27.2 Å². The van der Waals surface area contributed by atoms with Crippen LogP contribution >= 0.6 is 0 Å². The molecule has 0 bridgehead atoms. The second-order valence-corrected chi connectivity index (χ2v) is 6.98. The minimum atomic E-state index is -0.125. The van der Waals surface area contributed by atoms with Gasteiger partial charge in [-0.05, 0) is 37.7 Å². The first-order chi connectivity index (χ1) is 13.0. The molecule has 142 valence electrons. The van der Waals surface area contributed by atoms with Crippen molar-refractivity contribution in [3.63, 3.8) is 0 Å². The molecule has 2 amide bonds. The number of aromatic nitrogens is 4. The summed E-state index contributed by atoms with van der Waals surface area (Å²) in [6.07, 6.45) is 9.69. The summed E-state index contributed by atoms with van der Waals surface area (Å²) in [7, 11) is 3.41. The predicted octanol–water partition coefficient (Wildman–Crippen LogP) is 1.45. The lowest BCUT2D eigenvalue weighted by molar-refractivity contribution is 0.0752. The first-order valence-electron chi connectivity index (χ1n) is 9.12. The van der Waals surface area contributed by atoms with E-state index in [2.05, 4.69) is 19.9 Å². The van der Waals surface area contributed by atoms with Gasteiger partial charge in [-0.3, -0.25) is 14.6 Å². The Hall–Kier alpha value is -2.90. The molecule has 1 aliphatic rings. The topological polar surface area (TPSA) is 92.2 Å². The van der Waals surface area contributed by atoms with E-state index in [9.17, 15) is 9.59 Å². The molecule has 2 aromatic heterocycles. The van der Waals surface area contributed by atoms with Crippen molar-refractivity contribution in [3.05, 3.63) is 48.1 Å². The zero-order valence-electron chi connectivity index (χ0n) is 15.7. The molecule has 0 radical (unpaired) electrons. The first kappa shape index (κ1) is 18.9. The van der Waals surface area contributed by atoms with E-state index < -0.39 is 0 Å². The van der Waals surface area contributed by atoms with Gasteiger partial charge in [-0.2, -0.15) is 0 Å². The quantitative estimate of drug-likeness (QED) is 0.811. The SMILES string of the molecule is CN(C)C(=O)c1cc(C[C@H]2CCCN(C(=O)c3cnccn3)CC2)ncn1. The highest BCUT2D eigenvalue weighted by molar-refractivity contribution is 5.92. The second kappa shape index (κ2) is 8.66. The normalized spacial score (nSPS) is 17.3. The average Bonchev–Trinajstić information content (AvgIpc) is 2.93. The van der Waals surface area contributed by atoms with Crippen LogP contribution in [-0.4, -0.2) is 68.7 Å². The fourth-order valence-corrected chi connectivity index (χ4v) is 3.30. The molecule has 0 aromatic carbocycles. The molecule has 8 nitrogen and oxygen atoms in total. The van der Waals surface area contributed by atoms with Crippen LogP contribution < -0.4 is 0 Å². The van der Waals surface area contributed by atoms with Crippen molar-refractivity contribution < 1.29 is 9.59 Å². The molecule has 0 spiro atoms. The number of nitrogens with zero attached hydrogens (tertiary/aromatic N) is 6. The molecular weight excluding hydrogens is 344 g/mol. The highest BCUT2D eigenvalue weighted by Gasteiger charge is 2.23. The third-order valence-corrected chi connectivity index (χ3v) is 4.76. The summed E-state index contributed by atoms with van der Waals surface area (Å²) >= 11 is 0. The van der Waals surface area contributed by atoms with Crippen LogP contribution in [0.2, 0.25) is 0 Å². The number of carbonyl (C=O) groups is 2. The molecule has 1 fully saturated rings. The summed E-state index contributed by atoms with van der Waals surface area (Å²) in [6, 6.07) is 1.77. The number of rotatable bonds is 4. The number of hydrogen-bond donors (Lipinski definition) is 0. The molecule has 1 saturated heterocycles. The van der Waals surface area contributed by atoms with Crippen molar-refractivity contribution in [3.8, 4) is 0 Å². The van der Waals surface area contributed by atoms with Gasteiger partial charge in [0.15, 0.2) is 0 Å². The van der Waals surface area contributed by atoms with Crippen LogP contribution in [0.25, 0.3) is 0 Å². The standard InChI is InChI=1S/C19H24N6O2/c1-24(2)18(26)16-11-15(22-13-23-16)10-14-4-3-8-25(9-5-14)19(27)17-12-20-6-7-21-17/h6-7,11-14H,3-5,8-10H2,1-2H3/t14-/m0/s1. The monoisotopic (exact) mass is 368 g/mol. The van der Waals surface area contributed by atoms with Crippen molar-refractivity contribution >= 4 is 11.8 Å². The van der Waals surface area contributed by atoms with Crippen molar-refractivity contribution in [1.29, 1.82) is 0 Å². The molecule has 0 saturated carbocycles. The average molecular weight is 368 g/mol. The van der Waals surface area contributed by atoms with E-state index in [1.54, 1.807) is 26.4 Å². The zero-order chi connectivity index (χ0) is 19.2. The number of likely N-dealkylation sites (tertiary alicyclic amines) is 1. The van der Waals surface area contributed by atoms with Gasteiger partial charge in [0.2, 0.25) is 0 Å². The lowest BCUT2D eigenvalue weighted by Gasteiger charge is -2.20. The maximum Gasteiger partial charge on any atom is 0.274 e. The summed E-state index contributed by atoms with van der Waals surface area (Å²) in [4.78, 5) is 44.5. The van der Waals surface area contributed by atoms with Gasteiger partial charge in [0.25, 0.3) is 11.8 Å². The van der Waals surface area contributed by atoms with Crippen LogP contribution in [0.3, 0.4) is 0 Å². The number of hydrogen-bond acceptors (Lipinski definition) is 6. The summed E-state index contributed by atoms with van der Waals surface area (Å²) < 4.78 is 0. The van der Waals surface area contributed by atoms with Crippen LogP contribution in [0, 0.1) is 5.92 Å². The van der Waals surface area contributed by atoms with E-state index in [1.165, 1.54) is 23.6 Å². The molecule has 0 N–H and O–H groups in total. The Morgan fingerprint density at radius 1 is 1.11 bits per heavy atom. The Morgan fingerprint density at radius 2 is 1.96 bits per heavy atom. The minimum Gasteiger partial charge on any atom is -0.343 e. The van der Waals surface area contributed by atoms with E-state index in [1.807, 2.05) is 4.90 Å². The highest BCUT2D eigenvalue weighted by Crippen LogP contribution is 2.22. The first-order valence-corrected chi connectivity index (χ1v) is 9.12. The third kappa shape index (κ3) is 4.84. The van der Waals surface area contributed by atoms with Gasteiger partial charge in [0.1, 0.15) is 17.7 Å². The largest absolute Gasteiger partial charge is 0.343 e. The van der Waals surface area contributed by atoms with Gasteiger partial charge in [0.05, 0.1) is 6.20 Å². The van der Waals surface area contributed by atoms with Crippen LogP contribution in [0.1, 0.15) is 45.9 Å². The smallest absolute Gasteiger partial charge is 0.274 e. The van der Waals surface area contributed by atoms with E-state index in [0.717, 1.165) is 37.9 Å². The van der Waals surface area contributed by atoms with E-state index >= 15 is 0 Å². The number of amides is 2. The van der Waals surface area contributed by atoms with Crippen molar-refractivity contribution in [1.82, 2.24) is 29.7 Å².